The molecule has 0 aliphatic rings. The van der Waals surface area contributed by atoms with Gasteiger partial charge in [0.15, 0.2) is 0 Å². The normalized spacial score (nSPS) is 9.58. The number of benzene rings is 1. The number of carbonyl (C=O) groups excluding carboxylic acids is 1. The lowest BCUT2D eigenvalue weighted by molar-refractivity contribution is 0.0948. The van der Waals surface area contributed by atoms with Gasteiger partial charge in [0.05, 0.1) is 6.61 Å². The van der Waals surface area contributed by atoms with E-state index >= 15 is 0 Å². The summed E-state index contributed by atoms with van der Waals surface area (Å²) in [5.41, 5.74) is 1.45. The molecule has 1 rings (SSSR count). The van der Waals surface area contributed by atoms with E-state index in [0.717, 1.165) is 12.0 Å². The zero-order chi connectivity index (χ0) is 13.9. The smallest absolute Gasteiger partial charge is 0.251 e. The van der Waals surface area contributed by atoms with Crippen LogP contribution in [0.15, 0.2) is 24.3 Å². The maximum absolute atomic E-state index is 11.8. The molecule has 0 aliphatic heterocycles. The third-order valence-corrected chi connectivity index (χ3v) is 2.43. The number of nitrogens with one attached hydrogen (secondary N) is 1. The maximum Gasteiger partial charge on any atom is 0.251 e. The summed E-state index contributed by atoms with van der Waals surface area (Å²) in [7, 11) is 1.64. The van der Waals surface area contributed by atoms with Crippen LogP contribution in [0, 0.1) is 11.8 Å². The second kappa shape index (κ2) is 9.15. The number of hydrogen-bond acceptors (Lipinski definition) is 3. The Labute approximate surface area is 113 Å². The molecule has 0 heterocycles. The van der Waals surface area contributed by atoms with Crippen LogP contribution >= 0.6 is 0 Å². The molecule has 1 aromatic carbocycles. The molecule has 0 radical (unpaired) electrons. The molecular formula is C15H19NO3. The van der Waals surface area contributed by atoms with Gasteiger partial charge in [-0.05, 0) is 30.7 Å². The van der Waals surface area contributed by atoms with Gasteiger partial charge in [-0.3, -0.25) is 4.79 Å². The molecule has 4 nitrogen and oxygen atoms in total. The number of methoxy groups -OCH3 is 1. The fraction of sp³-hybridized carbons (Fsp3) is 0.400. The average molecular weight is 261 g/mol. The van der Waals surface area contributed by atoms with Crippen molar-refractivity contribution in [3.63, 3.8) is 0 Å². The quantitative estimate of drug-likeness (QED) is 0.597. The zero-order valence-corrected chi connectivity index (χ0v) is 11.1. The SMILES string of the molecule is COCCCNC(=O)c1ccc(C#CCCO)cc1. The molecule has 0 aliphatic carbocycles. The van der Waals surface area contributed by atoms with Crippen LogP contribution in [0.2, 0.25) is 0 Å². The predicted octanol–water partition coefficient (Wildman–Crippen LogP) is 1.19. The van der Waals surface area contributed by atoms with Crippen molar-refractivity contribution in [2.45, 2.75) is 12.8 Å². The fourth-order valence-corrected chi connectivity index (χ4v) is 1.45. The van der Waals surface area contributed by atoms with E-state index in [2.05, 4.69) is 17.2 Å². The lowest BCUT2D eigenvalue weighted by atomic mass is 10.1. The summed E-state index contributed by atoms with van der Waals surface area (Å²) in [4.78, 5) is 11.8. The van der Waals surface area contributed by atoms with Gasteiger partial charge >= 0.3 is 0 Å². The van der Waals surface area contributed by atoms with Crippen LogP contribution < -0.4 is 5.32 Å². The Kier molecular flexibility index (Phi) is 7.33. The number of rotatable bonds is 6. The van der Waals surface area contributed by atoms with Gasteiger partial charge in [-0.1, -0.05) is 11.8 Å². The lowest BCUT2D eigenvalue weighted by Crippen LogP contribution is -2.25. The van der Waals surface area contributed by atoms with Crippen molar-refractivity contribution in [1.82, 2.24) is 5.32 Å². The maximum atomic E-state index is 11.8. The molecule has 0 saturated carbocycles. The summed E-state index contributed by atoms with van der Waals surface area (Å²) in [5, 5.41) is 11.4. The number of ether oxygens (including phenoxy) is 1. The largest absolute Gasteiger partial charge is 0.395 e. The van der Waals surface area contributed by atoms with Crippen molar-refractivity contribution >= 4 is 5.91 Å². The lowest BCUT2D eigenvalue weighted by Gasteiger charge is -2.04. The minimum atomic E-state index is -0.0917. The number of carbonyl (C=O) groups is 1. The molecular weight excluding hydrogens is 242 g/mol. The van der Waals surface area contributed by atoms with Crippen LogP contribution in [0.1, 0.15) is 28.8 Å². The summed E-state index contributed by atoms with van der Waals surface area (Å²) in [6, 6.07) is 7.09. The van der Waals surface area contributed by atoms with E-state index in [4.69, 9.17) is 9.84 Å². The number of hydrogen-bond donors (Lipinski definition) is 2. The van der Waals surface area contributed by atoms with Crippen LogP contribution in [0.25, 0.3) is 0 Å². The third kappa shape index (κ3) is 6.05. The van der Waals surface area contributed by atoms with Crippen LogP contribution in [0.4, 0.5) is 0 Å². The van der Waals surface area contributed by atoms with E-state index in [-0.39, 0.29) is 12.5 Å². The van der Waals surface area contributed by atoms with Gasteiger partial charge in [0.25, 0.3) is 5.91 Å². The van der Waals surface area contributed by atoms with Crippen LogP contribution in [-0.2, 0) is 4.74 Å². The van der Waals surface area contributed by atoms with Crippen molar-refractivity contribution in [1.29, 1.82) is 0 Å². The van der Waals surface area contributed by atoms with Gasteiger partial charge < -0.3 is 15.2 Å². The molecule has 0 fully saturated rings. The highest BCUT2D eigenvalue weighted by Gasteiger charge is 2.03. The van der Waals surface area contributed by atoms with Gasteiger partial charge in [0, 0.05) is 37.8 Å². The van der Waals surface area contributed by atoms with Crippen molar-refractivity contribution < 1.29 is 14.6 Å². The first-order valence-corrected chi connectivity index (χ1v) is 6.25. The monoisotopic (exact) mass is 261 g/mol. The summed E-state index contributed by atoms with van der Waals surface area (Å²) < 4.78 is 4.91. The third-order valence-electron chi connectivity index (χ3n) is 2.43. The van der Waals surface area contributed by atoms with Gasteiger partial charge in [-0.25, -0.2) is 0 Å². The number of amides is 1. The molecule has 1 aromatic rings. The summed E-state index contributed by atoms with van der Waals surface area (Å²) >= 11 is 0. The molecule has 4 heteroatoms. The Morgan fingerprint density at radius 1 is 1.37 bits per heavy atom. The van der Waals surface area contributed by atoms with Crippen molar-refractivity contribution in [2.24, 2.45) is 0 Å². The van der Waals surface area contributed by atoms with E-state index < -0.39 is 0 Å². The second-order valence-corrected chi connectivity index (χ2v) is 3.95. The van der Waals surface area contributed by atoms with E-state index in [9.17, 15) is 4.79 Å². The van der Waals surface area contributed by atoms with E-state index in [1.165, 1.54) is 0 Å². The molecule has 2 N–H and O–H groups in total. The molecule has 0 saturated heterocycles. The summed E-state index contributed by atoms with van der Waals surface area (Å²) in [5.74, 6) is 5.66. The van der Waals surface area contributed by atoms with Crippen LogP contribution in [0.5, 0.6) is 0 Å². The van der Waals surface area contributed by atoms with E-state index in [1.807, 2.05) is 0 Å². The zero-order valence-electron chi connectivity index (χ0n) is 11.1. The number of aliphatic hydroxyl groups is 1. The van der Waals surface area contributed by atoms with Gasteiger partial charge in [-0.15, -0.1) is 0 Å². The Morgan fingerprint density at radius 3 is 2.74 bits per heavy atom. The van der Waals surface area contributed by atoms with Crippen molar-refractivity contribution in [2.75, 3.05) is 26.9 Å². The Bertz CT molecular complexity index is 443. The van der Waals surface area contributed by atoms with Gasteiger partial charge in [0.1, 0.15) is 0 Å². The first-order chi connectivity index (χ1) is 9.27. The number of aliphatic hydroxyl groups excluding tert-OH is 1. The molecule has 0 aromatic heterocycles. The fourth-order valence-electron chi connectivity index (χ4n) is 1.45. The van der Waals surface area contributed by atoms with Gasteiger partial charge in [0.2, 0.25) is 0 Å². The molecule has 0 unspecified atom stereocenters. The summed E-state index contributed by atoms with van der Waals surface area (Å²) in [6.45, 7) is 1.30. The Hall–Kier alpha value is -1.83. The minimum Gasteiger partial charge on any atom is -0.395 e. The molecule has 19 heavy (non-hydrogen) atoms. The van der Waals surface area contributed by atoms with Crippen molar-refractivity contribution in [3.8, 4) is 11.8 Å². The van der Waals surface area contributed by atoms with E-state index in [1.54, 1.807) is 31.4 Å². The molecule has 0 bridgehead atoms. The van der Waals surface area contributed by atoms with Crippen LogP contribution in [-0.4, -0.2) is 37.9 Å². The summed E-state index contributed by atoms with van der Waals surface area (Å²) in [6.07, 6.45) is 1.26. The molecule has 1 amide bonds. The van der Waals surface area contributed by atoms with Crippen LogP contribution in [0.3, 0.4) is 0 Å². The standard InChI is InChI=1S/C15H19NO3/c1-19-12-4-10-16-15(18)14-8-6-13(7-9-14)5-2-3-11-17/h6-9,17H,3-4,10-12H2,1H3,(H,16,18). The highest BCUT2D eigenvalue weighted by atomic mass is 16.5. The Balaban J connectivity index is 2.47. The first kappa shape index (κ1) is 15.2. The Morgan fingerprint density at radius 2 is 2.11 bits per heavy atom. The molecule has 102 valence electrons. The topological polar surface area (TPSA) is 58.6 Å². The minimum absolute atomic E-state index is 0.0644. The molecule has 0 spiro atoms. The first-order valence-electron chi connectivity index (χ1n) is 6.25. The second-order valence-electron chi connectivity index (χ2n) is 3.95. The van der Waals surface area contributed by atoms with Gasteiger partial charge in [-0.2, -0.15) is 0 Å². The molecule has 0 atom stereocenters. The van der Waals surface area contributed by atoms with E-state index in [0.29, 0.717) is 25.1 Å². The average Bonchev–Trinajstić information content (AvgIpc) is 2.44. The highest BCUT2D eigenvalue weighted by Crippen LogP contribution is 2.03. The highest BCUT2D eigenvalue weighted by molar-refractivity contribution is 5.94. The predicted molar refractivity (Wildman–Crippen MR) is 73.8 cm³/mol. The van der Waals surface area contributed by atoms with Crippen molar-refractivity contribution in [3.05, 3.63) is 35.4 Å².